The van der Waals surface area contributed by atoms with E-state index in [2.05, 4.69) is 21.2 Å². The average Bonchev–Trinajstić information content (AvgIpc) is 3.07. The number of hydrogen-bond donors (Lipinski definition) is 1. The van der Waals surface area contributed by atoms with Crippen molar-refractivity contribution in [2.75, 3.05) is 31.5 Å². The highest BCUT2D eigenvalue weighted by Gasteiger charge is 2.25. The third kappa shape index (κ3) is 5.39. The standard InChI is InChI=1S/C20H24ClN3O2S/c1-14(20(26)22-17-5-3-16(4-6-17)15(2)25)24-11-9-23(10-12-24)13-18-7-8-19(21)27-18/h3-8,14H,9-13H2,1-2H3,(H,22,26)/t14-/m0/s1. The number of rotatable bonds is 6. The first-order valence-electron chi connectivity index (χ1n) is 9.05. The number of benzene rings is 1. The second-order valence-corrected chi connectivity index (χ2v) is 8.62. The van der Waals surface area contributed by atoms with E-state index in [1.165, 1.54) is 11.8 Å². The van der Waals surface area contributed by atoms with Crippen LogP contribution in [0.15, 0.2) is 36.4 Å². The predicted molar refractivity (Wildman–Crippen MR) is 111 cm³/mol. The van der Waals surface area contributed by atoms with E-state index in [1.807, 2.05) is 13.0 Å². The molecule has 3 rings (SSSR count). The molecule has 0 unspecified atom stereocenters. The Bertz CT molecular complexity index is 798. The van der Waals surface area contributed by atoms with Crippen LogP contribution in [0.5, 0.6) is 0 Å². The Morgan fingerprint density at radius 2 is 1.78 bits per heavy atom. The summed E-state index contributed by atoms with van der Waals surface area (Å²) in [6.45, 7) is 7.96. The van der Waals surface area contributed by atoms with Gasteiger partial charge in [0.1, 0.15) is 0 Å². The van der Waals surface area contributed by atoms with Crippen LogP contribution in [0.3, 0.4) is 0 Å². The van der Waals surface area contributed by atoms with Crippen LogP contribution in [0.2, 0.25) is 4.34 Å². The second kappa shape index (κ2) is 8.97. The van der Waals surface area contributed by atoms with Crippen LogP contribution < -0.4 is 5.32 Å². The first-order valence-corrected chi connectivity index (χ1v) is 10.2. The smallest absolute Gasteiger partial charge is 0.241 e. The van der Waals surface area contributed by atoms with E-state index in [-0.39, 0.29) is 17.7 Å². The van der Waals surface area contributed by atoms with Crippen molar-refractivity contribution in [3.8, 4) is 0 Å². The molecule has 5 nitrogen and oxygen atoms in total. The van der Waals surface area contributed by atoms with Crippen LogP contribution >= 0.6 is 22.9 Å². The number of Topliss-reactive ketones (excluding diaryl/α,β-unsaturated/α-hetero) is 1. The van der Waals surface area contributed by atoms with Crippen LogP contribution in [0.4, 0.5) is 5.69 Å². The molecular weight excluding hydrogens is 382 g/mol. The number of ketones is 1. The monoisotopic (exact) mass is 405 g/mol. The molecule has 1 aliphatic rings. The van der Waals surface area contributed by atoms with Gasteiger partial charge in [-0.05, 0) is 50.2 Å². The zero-order valence-electron chi connectivity index (χ0n) is 15.6. The summed E-state index contributed by atoms with van der Waals surface area (Å²) in [7, 11) is 0. The van der Waals surface area contributed by atoms with Crippen molar-refractivity contribution in [1.82, 2.24) is 9.80 Å². The minimum atomic E-state index is -0.198. The number of halogens is 1. The van der Waals surface area contributed by atoms with E-state index in [4.69, 9.17) is 11.6 Å². The molecule has 144 valence electrons. The Balaban J connectivity index is 1.48. The van der Waals surface area contributed by atoms with Gasteiger partial charge >= 0.3 is 0 Å². The second-order valence-electron chi connectivity index (χ2n) is 6.82. The Hall–Kier alpha value is -1.73. The molecule has 1 fully saturated rings. The van der Waals surface area contributed by atoms with Crippen molar-refractivity contribution >= 4 is 40.3 Å². The SMILES string of the molecule is CC(=O)c1ccc(NC(=O)[C@H](C)N2CCN(Cc3ccc(Cl)s3)CC2)cc1. The van der Waals surface area contributed by atoms with Crippen LogP contribution in [0.1, 0.15) is 29.1 Å². The minimum Gasteiger partial charge on any atom is -0.325 e. The summed E-state index contributed by atoms with van der Waals surface area (Å²) in [4.78, 5) is 29.8. The highest BCUT2D eigenvalue weighted by molar-refractivity contribution is 7.16. The molecule has 1 aromatic heterocycles. The number of nitrogens with one attached hydrogen (secondary N) is 1. The molecule has 0 aliphatic carbocycles. The van der Waals surface area contributed by atoms with Crippen molar-refractivity contribution in [2.45, 2.75) is 26.4 Å². The van der Waals surface area contributed by atoms with E-state index >= 15 is 0 Å². The summed E-state index contributed by atoms with van der Waals surface area (Å²) in [5.41, 5.74) is 1.36. The van der Waals surface area contributed by atoms with Gasteiger partial charge in [0.2, 0.25) is 5.91 Å². The topological polar surface area (TPSA) is 52.7 Å². The van der Waals surface area contributed by atoms with Gasteiger partial charge in [-0.15, -0.1) is 11.3 Å². The molecule has 2 aromatic rings. The molecule has 1 atom stereocenters. The lowest BCUT2D eigenvalue weighted by Crippen LogP contribution is -2.52. The zero-order chi connectivity index (χ0) is 19.4. The van der Waals surface area contributed by atoms with Crippen molar-refractivity contribution in [2.24, 2.45) is 0 Å². The van der Waals surface area contributed by atoms with Crippen LogP contribution in [0, 0.1) is 0 Å². The number of thiophene rings is 1. The van der Waals surface area contributed by atoms with E-state index in [1.54, 1.807) is 35.6 Å². The molecule has 1 N–H and O–H groups in total. The van der Waals surface area contributed by atoms with E-state index < -0.39 is 0 Å². The number of anilines is 1. The molecule has 0 saturated carbocycles. The highest BCUT2D eigenvalue weighted by atomic mass is 35.5. The number of nitrogens with zero attached hydrogens (tertiary/aromatic N) is 2. The molecule has 1 saturated heterocycles. The normalized spacial score (nSPS) is 16.9. The largest absolute Gasteiger partial charge is 0.325 e. The van der Waals surface area contributed by atoms with Gasteiger partial charge in [0.05, 0.1) is 10.4 Å². The number of amides is 1. The quantitative estimate of drug-likeness (QED) is 0.743. The molecule has 2 heterocycles. The fourth-order valence-corrected chi connectivity index (χ4v) is 4.30. The molecule has 1 aliphatic heterocycles. The highest BCUT2D eigenvalue weighted by Crippen LogP contribution is 2.23. The fourth-order valence-electron chi connectivity index (χ4n) is 3.17. The van der Waals surface area contributed by atoms with Crippen molar-refractivity contribution < 1.29 is 9.59 Å². The Kier molecular flexibility index (Phi) is 6.65. The van der Waals surface area contributed by atoms with Crippen LogP contribution in [-0.2, 0) is 11.3 Å². The lowest BCUT2D eigenvalue weighted by molar-refractivity contribution is -0.121. The van der Waals surface area contributed by atoms with Crippen molar-refractivity contribution in [3.05, 3.63) is 51.2 Å². The van der Waals surface area contributed by atoms with Gasteiger partial charge in [-0.3, -0.25) is 19.4 Å². The van der Waals surface area contributed by atoms with Crippen LogP contribution in [0.25, 0.3) is 0 Å². The third-order valence-electron chi connectivity index (χ3n) is 4.90. The molecule has 7 heteroatoms. The molecule has 27 heavy (non-hydrogen) atoms. The summed E-state index contributed by atoms with van der Waals surface area (Å²) in [5.74, 6) is -0.00648. The zero-order valence-corrected chi connectivity index (χ0v) is 17.1. The van der Waals surface area contributed by atoms with Gasteiger partial charge < -0.3 is 5.32 Å². The van der Waals surface area contributed by atoms with E-state index in [0.717, 1.165) is 37.1 Å². The van der Waals surface area contributed by atoms with Crippen molar-refractivity contribution in [1.29, 1.82) is 0 Å². The molecular formula is C20H24ClN3O2S. The average molecular weight is 406 g/mol. The Morgan fingerprint density at radius 3 is 2.33 bits per heavy atom. The Morgan fingerprint density at radius 1 is 1.11 bits per heavy atom. The summed E-state index contributed by atoms with van der Waals surface area (Å²) in [5, 5.41) is 2.94. The summed E-state index contributed by atoms with van der Waals surface area (Å²) in [6, 6.07) is 10.8. The van der Waals surface area contributed by atoms with Gasteiger partial charge in [0, 0.05) is 48.9 Å². The maximum atomic E-state index is 12.6. The van der Waals surface area contributed by atoms with Gasteiger partial charge in [0.15, 0.2) is 5.78 Å². The first kappa shape index (κ1) is 20.0. The lowest BCUT2D eigenvalue weighted by atomic mass is 10.1. The number of piperazine rings is 1. The Labute approximate surface area is 168 Å². The number of hydrogen-bond acceptors (Lipinski definition) is 5. The maximum Gasteiger partial charge on any atom is 0.241 e. The van der Waals surface area contributed by atoms with E-state index in [0.29, 0.717) is 11.3 Å². The van der Waals surface area contributed by atoms with E-state index in [9.17, 15) is 9.59 Å². The van der Waals surface area contributed by atoms with Crippen LogP contribution in [-0.4, -0.2) is 53.7 Å². The summed E-state index contributed by atoms with van der Waals surface area (Å²) < 4.78 is 0.824. The summed E-state index contributed by atoms with van der Waals surface area (Å²) >= 11 is 7.62. The van der Waals surface area contributed by atoms with Gasteiger partial charge in [0.25, 0.3) is 0 Å². The lowest BCUT2D eigenvalue weighted by Gasteiger charge is -2.37. The number of carbonyl (C=O) groups excluding carboxylic acids is 2. The van der Waals surface area contributed by atoms with Gasteiger partial charge in [-0.25, -0.2) is 0 Å². The molecule has 0 spiro atoms. The van der Waals surface area contributed by atoms with Gasteiger partial charge in [-0.2, -0.15) is 0 Å². The summed E-state index contributed by atoms with van der Waals surface area (Å²) in [6.07, 6.45) is 0. The number of carbonyl (C=O) groups is 2. The molecule has 1 aromatic carbocycles. The third-order valence-corrected chi connectivity index (χ3v) is 6.12. The minimum absolute atomic E-state index is 0.0175. The molecule has 1 amide bonds. The van der Waals surface area contributed by atoms with Gasteiger partial charge in [-0.1, -0.05) is 11.6 Å². The maximum absolute atomic E-state index is 12.6. The molecule has 0 bridgehead atoms. The molecule has 0 radical (unpaired) electrons. The predicted octanol–water partition coefficient (Wildman–Crippen LogP) is 3.75. The first-order chi connectivity index (χ1) is 12.9. The fraction of sp³-hybridized carbons (Fsp3) is 0.400. The van der Waals surface area contributed by atoms with Crippen molar-refractivity contribution in [3.63, 3.8) is 0 Å².